The summed E-state index contributed by atoms with van der Waals surface area (Å²) in [4.78, 5) is 6.55. The summed E-state index contributed by atoms with van der Waals surface area (Å²) in [5.74, 6) is 0.947. The number of aliphatic hydroxyl groups is 1. The monoisotopic (exact) mass is 219 g/mol. The second kappa shape index (κ2) is 4.63. The number of likely N-dealkylation sites (N-methyl/N-ethyl adjacent to an activating group) is 1. The van der Waals surface area contributed by atoms with Crippen molar-refractivity contribution >= 4 is 5.84 Å². The smallest absolute Gasteiger partial charge is 0.131 e. The first-order valence-corrected chi connectivity index (χ1v) is 5.47. The lowest BCUT2D eigenvalue weighted by Crippen LogP contribution is -2.26. The van der Waals surface area contributed by atoms with Crippen molar-refractivity contribution in [3.8, 4) is 0 Å². The number of hydrogen-bond acceptors (Lipinski definition) is 4. The molecule has 0 amide bonds. The lowest BCUT2D eigenvalue weighted by molar-refractivity contribution is 0.186. The molecule has 86 valence electrons. The molecule has 0 fully saturated rings. The SMILES string of the molecule is CN1CCN=C1c1ccccc1C(O)CN. The van der Waals surface area contributed by atoms with Gasteiger partial charge in [-0.15, -0.1) is 0 Å². The van der Waals surface area contributed by atoms with Gasteiger partial charge in [0, 0.05) is 25.7 Å². The van der Waals surface area contributed by atoms with E-state index in [1.54, 1.807) is 0 Å². The maximum atomic E-state index is 9.86. The molecule has 2 rings (SSSR count). The molecule has 1 heterocycles. The largest absolute Gasteiger partial charge is 0.387 e. The Hall–Kier alpha value is -1.39. The molecule has 1 unspecified atom stereocenters. The highest BCUT2D eigenvalue weighted by Gasteiger charge is 2.19. The van der Waals surface area contributed by atoms with Gasteiger partial charge in [-0.25, -0.2) is 0 Å². The summed E-state index contributed by atoms with van der Waals surface area (Å²) in [5.41, 5.74) is 7.35. The van der Waals surface area contributed by atoms with Crippen molar-refractivity contribution in [3.05, 3.63) is 35.4 Å². The van der Waals surface area contributed by atoms with Gasteiger partial charge in [-0.3, -0.25) is 4.99 Å². The number of rotatable bonds is 3. The lowest BCUT2D eigenvalue weighted by Gasteiger charge is -2.19. The summed E-state index contributed by atoms with van der Waals surface area (Å²) >= 11 is 0. The second-order valence-electron chi connectivity index (χ2n) is 3.97. The fraction of sp³-hybridized carbons (Fsp3) is 0.417. The topological polar surface area (TPSA) is 61.8 Å². The van der Waals surface area contributed by atoms with E-state index < -0.39 is 6.10 Å². The van der Waals surface area contributed by atoms with Crippen LogP contribution in [0, 0.1) is 0 Å². The van der Waals surface area contributed by atoms with Crippen LogP contribution in [0.15, 0.2) is 29.3 Å². The van der Waals surface area contributed by atoms with Gasteiger partial charge in [-0.2, -0.15) is 0 Å². The minimum absolute atomic E-state index is 0.230. The zero-order valence-electron chi connectivity index (χ0n) is 9.43. The predicted molar refractivity (Wildman–Crippen MR) is 64.5 cm³/mol. The molecule has 1 atom stereocenters. The predicted octanol–water partition coefficient (Wildman–Crippen LogP) is 0.371. The standard InChI is InChI=1S/C12H17N3O/c1-15-7-6-14-12(15)10-5-3-2-4-9(10)11(16)8-13/h2-5,11,16H,6-8,13H2,1H3. The maximum Gasteiger partial charge on any atom is 0.131 e. The molecule has 1 aromatic carbocycles. The molecule has 1 aromatic rings. The van der Waals surface area contributed by atoms with Crippen LogP contribution in [0.5, 0.6) is 0 Å². The average Bonchev–Trinajstić information content (AvgIpc) is 2.74. The quantitative estimate of drug-likeness (QED) is 0.772. The molecular weight excluding hydrogens is 202 g/mol. The van der Waals surface area contributed by atoms with Crippen LogP contribution in [-0.4, -0.2) is 42.5 Å². The first-order valence-electron chi connectivity index (χ1n) is 5.47. The molecular formula is C12H17N3O. The van der Waals surface area contributed by atoms with E-state index in [0.29, 0.717) is 0 Å². The number of amidine groups is 1. The summed E-state index contributed by atoms with van der Waals surface area (Å²) in [5, 5.41) is 9.86. The van der Waals surface area contributed by atoms with Gasteiger partial charge in [0.05, 0.1) is 12.6 Å². The summed E-state index contributed by atoms with van der Waals surface area (Å²) in [6.45, 7) is 1.98. The maximum absolute atomic E-state index is 9.86. The molecule has 0 saturated heterocycles. The molecule has 4 heteroatoms. The summed E-state index contributed by atoms with van der Waals surface area (Å²) in [7, 11) is 2.01. The van der Waals surface area contributed by atoms with E-state index in [4.69, 9.17) is 5.73 Å². The highest BCUT2D eigenvalue weighted by molar-refractivity contribution is 6.01. The van der Waals surface area contributed by atoms with Crippen molar-refractivity contribution in [2.45, 2.75) is 6.10 Å². The number of aliphatic imine (C=N–C) groups is 1. The molecule has 1 aliphatic heterocycles. The van der Waals surface area contributed by atoms with Crippen molar-refractivity contribution in [3.63, 3.8) is 0 Å². The first kappa shape index (κ1) is 11.1. The minimum Gasteiger partial charge on any atom is -0.387 e. The molecule has 0 aliphatic carbocycles. The van der Waals surface area contributed by atoms with Gasteiger partial charge in [-0.05, 0) is 5.56 Å². The van der Waals surface area contributed by atoms with Gasteiger partial charge in [0.25, 0.3) is 0 Å². The van der Waals surface area contributed by atoms with Crippen LogP contribution in [0.2, 0.25) is 0 Å². The van der Waals surface area contributed by atoms with E-state index in [1.807, 2.05) is 31.3 Å². The molecule has 0 saturated carbocycles. The zero-order chi connectivity index (χ0) is 11.5. The fourth-order valence-corrected chi connectivity index (χ4v) is 1.94. The Bertz CT molecular complexity index is 403. The Labute approximate surface area is 95.4 Å². The van der Waals surface area contributed by atoms with Crippen molar-refractivity contribution < 1.29 is 5.11 Å². The molecule has 0 spiro atoms. The molecule has 3 N–H and O–H groups in total. The fourth-order valence-electron chi connectivity index (χ4n) is 1.94. The Morgan fingerprint density at radius 1 is 1.50 bits per heavy atom. The Morgan fingerprint density at radius 2 is 2.25 bits per heavy atom. The third-order valence-electron chi connectivity index (χ3n) is 2.84. The van der Waals surface area contributed by atoms with Crippen molar-refractivity contribution in [1.29, 1.82) is 0 Å². The van der Waals surface area contributed by atoms with Crippen LogP contribution in [0.4, 0.5) is 0 Å². The van der Waals surface area contributed by atoms with E-state index in [0.717, 1.165) is 30.1 Å². The van der Waals surface area contributed by atoms with Crippen LogP contribution in [-0.2, 0) is 0 Å². The number of nitrogens with zero attached hydrogens (tertiary/aromatic N) is 2. The number of benzene rings is 1. The molecule has 16 heavy (non-hydrogen) atoms. The zero-order valence-corrected chi connectivity index (χ0v) is 9.43. The second-order valence-corrected chi connectivity index (χ2v) is 3.97. The number of nitrogens with two attached hydrogens (primary N) is 1. The van der Waals surface area contributed by atoms with Crippen LogP contribution < -0.4 is 5.73 Å². The lowest BCUT2D eigenvalue weighted by atomic mass is 10.0. The van der Waals surface area contributed by atoms with Crippen molar-refractivity contribution in [2.75, 3.05) is 26.7 Å². The first-order chi connectivity index (χ1) is 7.74. The summed E-state index contributed by atoms with van der Waals surface area (Å²) < 4.78 is 0. The normalized spacial score (nSPS) is 17.4. The third-order valence-corrected chi connectivity index (χ3v) is 2.84. The third kappa shape index (κ3) is 1.94. The number of aliphatic hydroxyl groups excluding tert-OH is 1. The van der Waals surface area contributed by atoms with Gasteiger partial charge < -0.3 is 15.7 Å². The van der Waals surface area contributed by atoms with Crippen molar-refractivity contribution in [1.82, 2.24) is 4.90 Å². The van der Waals surface area contributed by atoms with Crippen LogP contribution in [0.1, 0.15) is 17.2 Å². The summed E-state index contributed by atoms with van der Waals surface area (Å²) in [6.07, 6.45) is -0.618. The Kier molecular flexibility index (Phi) is 3.22. The summed E-state index contributed by atoms with van der Waals surface area (Å²) in [6, 6.07) is 7.75. The van der Waals surface area contributed by atoms with Crippen LogP contribution >= 0.6 is 0 Å². The van der Waals surface area contributed by atoms with Gasteiger partial charge in [0.15, 0.2) is 0 Å². The molecule has 1 aliphatic rings. The van der Waals surface area contributed by atoms with Gasteiger partial charge in [0.2, 0.25) is 0 Å². The van der Waals surface area contributed by atoms with Crippen molar-refractivity contribution in [2.24, 2.45) is 10.7 Å². The van der Waals surface area contributed by atoms with Crippen LogP contribution in [0.25, 0.3) is 0 Å². The van der Waals surface area contributed by atoms with E-state index >= 15 is 0 Å². The van der Waals surface area contributed by atoms with E-state index in [2.05, 4.69) is 9.89 Å². The number of hydrogen-bond donors (Lipinski definition) is 2. The highest BCUT2D eigenvalue weighted by atomic mass is 16.3. The van der Waals surface area contributed by atoms with E-state index in [9.17, 15) is 5.11 Å². The molecule has 0 bridgehead atoms. The van der Waals surface area contributed by atoms with E-state index in [-0.39, 0.29) is 6.54 Å². The van der Waals surface area contributed by atoms with Gasteiger partial charge in [0.1, 0.15) is 5.84 Å². The molecule has 4 nitrogen and oxygen atoms in total. The van der Waals surface area contributed by atoms with E-state index in [1.165, 1.54) is 0 Å². The minimum atomic E-state index is -0.618. The molecule has 0 aromatic heterocycles. The van der Waals surface area contributed by atoms with Crippen LogP contribution in [0.3, 0.4) is 0 Å². The van der Waals surface area contributed by atoms with Gasteiger partial charge >= 0.3 is 0 Å². The molecule has 0 radical (unpaired) electrons. The average molecular weight is 219 g/mol. The highest BCUT2D eigenvalue weighted by Crippen LogP contribution is 2.20. The van der Waals surface area contributed by atoms with Gasteiger partial charge in [-0.1, -0.05) is 24.3 Å². The Morgan fingerprint density at radius 3 is 2.88 bits per heavy atom. The Balaban J connectivity index is 2.40.